The largest absolute Gasteiger partial charge is 0.478 e. The van der Waals surface area contributed by atoms with Crippen molar-refractivity contribution in [2.45, 2.75) is 135 Å². The van der Waals surface area contributed by atoms with Gasteiger partial charge in [0.15, 0.2) is 14.2 Å². The van der Waals surface area contributed by atoms with Gasteiger partial charge in [-0.1, -0.05) is 101 Å². The van der Waals surface area contributed by atoms with Crippen LogP contribution in [0.3, 0.4) is 0 Å². The highest BCUT2D eigenvalue weighted by molar-refractivity contribution is 6.74. The van der Waals surface area contributed by atoms with E-state index in [4.69, 9.17) is 14.2 Å². The second kappa shape index (κ2) is 13.5. The van der Waals surface area contributed by atoms with E-state index in [2.05, 4.69) is 90.7 Å². The third-order valence-electron chi connectivity index (χ3n) is 13.4. The van der Waals surface area contributed by atoms with Crippen LogP contribution in [0.25, 0.3) is 0 Å². The van der Waals surface area contributed by atoms with Crippen LogP contribution in [-0.2, 0) is 9.16 Å². The number of ether oxygens (including phenoxy) is 1. The van der Waals surface area contributed by atoms with Crippen molar-refractivity contribution in [3.63, 3.8) is 0 Å². The molecular weight excluding hydrogens is 611 g/mol. The molecule has 262 valence electrons. The quantitative estimate of drug-likeness (QED) is 0.203. The minimum atomic E-state index is -1.94. The fourth-order valence-corrected chi connectivity index (χ4v) is 10.5. The van der Waals surface area contributed by atoms with Crippen LogP contribution in [0.4, 0.5) is 0 Å². The van der Waals surface area contributed by atoms with E-state index in [1.807, 2.05) is 18.2 Å². The lowest BCUT2D eigenvalue weighted by Crippen LogP contribution is -2.46. The van der Waals surface area contributed by atoms with E-state index in [0.29, 0.717) is 30.8 Å². The van der Waals surface area contributed by atoms with Gasteiger partial charge in [0, 0.05) is 6.42 Å². The number of allylic oxidation sites excluding steroid dienone is 4. The molecule has 1 aromatic rings. The van der Waals surface area contributed by atoms with E-state index in [9.17, 15) is 10.2 Å². The molecule has 0 amide bonds. The molecule has 6 heteroatoms. The first kappa shape index (κ1) is 35.6. The highest BCUT2D eigenvalue weighted by Crippen LogP contribution is 2.60. The number of fused-ring (bicyclic) bond motifs is 1. The van der Waals surface area contributed by atoms with Crippen molar-refractivity contribution in [3.8, 4) is 0 Å². The second-order valence-electron chi connectivity index (χ2n) is 17.5. The second-order valence-corrected chi connectivity index (χ2v) is 22.3. The number of rotatable bonds is 9. The molecule has 1 heterocycles. The summed E-state index contributed by atoms with van der Waals surface area (Å²) < 4.78 is 12.9. The molecule has 4 aliphatic carbocycles. The van der Waals surface area contributed by atoms with Gasteiger partial charge in [-0.2, -0.15) is 0 Å². The first-order valence-corrected chi connectivity index (χ1v) is 21.6. The Morgan fingerprint density at radius 2 is 1.81 bits per heavy atom. The molecule has 5 nitrogen and oxygen atoms in total. The molecule has 6 rings (SSSR count). The molecule has 0 saturated heterocycles. The lowest BCUT2D eigenvalue weighted by atomic mass is 9.61. The first-order chi connectivity index (χ1) is 22.6. The van der Waals surface area contributed by atoms with Crippen molar-refractivity contribution in [1.82, 2.24) is 0 Å². The van der Waals surface area contributed by atoms with E-state index in [-0.39, 0.29) is 28.0 Å². The summed E-state index contributed by atoms with van der Waals surface area (Å²) in [6, 6.07) is 10.4. The molecule has 1 aromatic carbocycles. The highest BCUT2D eigenvalue weighted by atomic mass is 28.4. The van der Waals surface area contributed by atoms with Crippen LogP contribution in [0.2, 0.25) is 18.1 Å². The fourth-order valence-electron chi connectivity index (χ4n) is 9.14. The molecule has 4 saturated carbocycles. The molecule has 2 N–H and O–H groups in total. The number of nitrogens with zero attached hydrogens (tertiary/aromatic N) is 1. The van der Waals surface area contributed by atoms with Crippen molar-refractivity contribution in [2.24, 2.45) is 33.6 Å². The molecule has 0 aromatic heterocycles. The van der Waals surface area contributed by atoms with Gasteiger partial charge in [0.1, 0.15) is 12.6 Å². The Morgan fingerprint density at radius 1 is 1.08 bits per heavy atom. The molecular formula is C42H61NO4Si. The smallest absolute Gasteiger partial charge is 0.193 e. The lowest BCUT2D eigenvalue weighted by Gasteiger charge is -2.44. The van der Waals surface area contributed by atoms with E-state index in [1.54, 1.807) is 5.57 Å². The predicted molar refractivity (Wildman–Crippen MR) is 199 cm³/mol. The van der Waals surface area contributed by atoms with Gasteiger partial charge in [-0.25, -0.2) is 4.99 Å². The summed E-state index contributed by atoms with van der Waals surface area (Å²) in [7, 11) is -1.94. The van der Waals surface area contributed by atoms with Gasteiger partial charge in [-0.3, -0.25) is 0 Å². The number of hydrogen-bond acceptors (Lipinski definition) is 5. The zero-order valence-corrected chi connectivity index (χ0v) is 31.7. The molecule has 48 heavy (non-hydrogen) atoms. The maximum Gasteiger partial charge on any atom is 0.193 e. The Balaban J connectivity index is 1.12. The summed E-state index contributed by atoms with van der Waals surface area (Å²) >= 11 is 0. The topological polar surface area (TPSA) is 71.3 Å². The number of hydrogen-bond donors (Lipinski definition) is 2. The Kier molecular flexibility index (Phi) is 9.98. The monoisotopic (exact) mass is 671 g/mol. The summed E-state index contributed by atoms with van der Waals surface area (Å²) in [6.07, 6.45) is 17.3. The van der Waals surface area contributed by atoms with Crippen molar-refractivity contribution >= 4 is 14.2 Å². The normalized spacial score (nSPS) is 35.1. The summed E-state index contributed by atoms with van der Waals surface area (Å²) in [5, 5.41) is 22.5. The van der Waals surface area contributed by atoms with E-state index < -0.39 is 20.5 Å². The SMILES string of the molecule is C=C1/C(=C\C=C2/CCC[C@@]3(C)C2CC[C@H]3[C@H](C)/C=C/[C@H](O)C2(C3=N[C@H](c4ccccc4)CO3)CC2)C[C@@H](O[Si](C)(C)C(C)(C)C)C[C@@H]1O. The van der Waals surface area contributed by atoms with Crippen LogP contribution in [0.1, 0.15) is 104 Å². The zero-order valence-electron chi connectivity index (χ0n) is 30.7. The Hall–Kier alpha value is -2.25. The van der Waals surface area contributed by atoms with Crippen molar-refractivity contribution in [1.29, 1.82) is 0 Å². The Morgan fingerprint density at radius 3 is 2.50 bits per heavy atom. The van der Waals surface area contributed by atoms with Crippen LogP contribution >= 0.6 is 0 Å². The molecule has 1 unspecified atom stereocenters. The Labute approximate surface area is 291 Å². The van der Waals surface area contributed by atoms with Gasteiger partial charge < -0.3 is 19.4 Å². The van der Waals surface area contributed by atoms with Gasteiger partial charge >= 0.3 is 0 Å². The van der Waals surface area contributed by atoms with E-state index in [0.717, 1.165) is 42.7 Å². The van der Waals surface area contributed by atoms with E-state index in [1.165, 1.54) is 31.2 Å². The third kappa shape index (κ3) is 6.89. The van der Waals surface area contributed by atoms with Crippen LogP contribution < -0.4 is 0 Å². The van der Waals surface area contributed by atoms with Crippen molar-refractivity contribution in [3.05, 3.63) is 83.5 Å². The van der Waals surface area contributed by atoms with Gasteiger partial charge in [-0.05, 0) is 109 Å². The van der Waals surface area contributed by atoms with Gasteiger partial charge in [-0.15, -0.1) is 0 Å². The van der Waals surface area contributed by atoms with Crippen molar-refractivity contribution < 1.29 is 19.4 Å². The summed E-state index contributed by atoms with van der Waals surface area (Å²) in [6.45, 7) is 21.2. The minimum absolute atomic E-state index is 0.0200. The molecule has 4 fully saturated rings. The molecule has 1 aliphatic heterocycles. The maximum absolute atomic E-state index is 11.4. The average molecular weight is 672 g/mol. The molecule has 0 bridgehead atoms. The predicted octanol–water partition coefficient (Wildman–Crippen LogP) is 9.66. The van der Waals surface area contributed by atoms with Crippen molar-refractivity contribution in [2.75, 3.05) is 6.61 Å². The number of benzene rings is 1. The molecule has 5 aliphatic rings. The van der Waals surface area contributed by atoms with Gasteiger partial charge in [0.2, 0.25) is 0 Å². The van der Waals surface area contributed by atoms with E-state index >= 15 is 0 Å². The van der Waals surface area contributed by atoms with Crippen LogP contribution in [-0.4, -0.2) is 49.3 Å². The molecule has 0 spiro atoms. The average Bonchev–Trinajstić information content (AvgIpc) is 3.54. The summed E-state index contributed by atoms with van der Waals surface area (Å²) in [5.74, 6) is 2.28. The number of aliphatic hydroxyl groups excluding tert-OH is 2. The fraction of sp³-hybridized carbons (Fsp3) is 0.643. The summed E-state index contributed by atoms with van der Waals surface area (Å²) in [5.41, 5.74) is 4.63. The number of aliphatic imine (C=N–C) groups is 1. The molecule has 8 atom stereocenters. The standard InChI is InChI=1S/C42H61NO4Si/c1-28(16-21-38(45)42(23-24-42)39-43-36(27-46-39)31-13-10-9-11-14-31)34-19-20-35-30(15-12-22-41(34,35)6)17-18-32-25-33(26-37(44)29(32)2)47-48(7,8)40(3,4)5/h9-11,13-14,16-18,21,28,33-38,44-45H,2,12,15,19-20,22-27H2,1,3-8H3/b21-16+,30-17+,32-18-/t28-,33-,34+,35?,36+,37+,38+,41-/m1/s1. The lowest BCUT2D eigenvalue weighted by molar-refractivity contribution is 0.0924. The Bertz CT molecular complexity index is 1460. The van der Waals surface area contributed by atoms with Crippen LogP contribution in [0, 0.1) is 28.6 Å². The van der Waals surface area contributed by atoms with Gasteiger partial charge in [0.25, 0.3) is 0 Å². The minimum Gasteiger partial charge on any atom is -0.478 e. The first-order valence-electron chi connectivity index (χ1n) is 18.7. The highest BCUT2D eigenvalue weighted by Gasteiger charge is 2.56. The zero-order chi connectivity index (χ0) is 34.5. The summed E-state index contributed by atoms with van der Waals surface area (Å²) in [4.78, 5) is 4.95. The maximum atomic E-state index is 11.4. The van der Waals surface area contributed by atoms with Crippen LogP contribution in [0.5, 0.6) is 0 Å². The molecule has 0 radical (unpaired) electrons. The van der Waals surface area contributed by atoms with Gasteiger partial charge in [0.05, 0.1) is 23.7 Å². The van der Waals surface area contributed by atoms with Crippen LogP contribution in [0.15, 0.2) is 82.9 Å². The number of aliphatic hydroxyl groups is 2. The third-order valence-corrected chi connectivity index (χ3v) is 17.9.